The maximum atomic E-state index is 12.3. The normalized spacial score (nSPS) is 14.5. The largest absolute Gasteiger partial charge is 0.368 e. The van der Waals surface area contributed by atoms with Crippen LogP contribution in [0.25, 0.3) is 0 Å². The number of amides is 2. The first-order valence-corrected chi connectivity index (χ1v) is 9.47. The summed E-state index contributed by atoms with van der Waals surface area (Å²) in [7, 11) is 1.66. The number of halogens is 1. The average molecular weight is 366 g/mol. The fourth-order valence-electron chi connectivity index (χ4n) is 3.09. The van der Waals surface area contributed by atoms with Gasteiger partial charge in [-0.3, -0.25) is 9.59 Å². The Morgan fingerprint density at radius 2 is 1.72 bits per heavy atom. The first-order valence-electron chi connectivity index (χ1n) is 9.09. The quantitative estimate of drug-likeness (QED) is 0.720. The molecule has 0 spiro atoms. The summed E-state index contributed by atoms with van der Waals surface area (Å²) in [5.74, 6) is 0.339. The van der Waals surface area contributed by atoms with Gasteiger partial charge in [0.2, 0.25) is 11.8 Å². The molecule has 0 unspecified atom stereocenters. The van der Waals surface area contributed by atoms with E-state index >= 15 is 0 Å². The van der Waals surface area contributed by atoms with Crippen molar-refractivity contribution in [3.63, 3.8) is 0 Å². The summed E-state index contributed by atoms with van der Waals surface area (Å²) in [6.07, 6.45) is 4.99. The predicted octanol–water partition coefficient (Wildman–Crippen LogP) is 3.08. The van der Waals surface area contributed by atoms with Gasteiger partial charge in [-0.05, 0) is 31.0 Å². The van der Waals surface area contributed by atoms with Crippen LogP contribution in [0.2, 0.25) is 5.02 Å². The highest BCUT2D eigenvalue weighted by Gasteiger charge is 2.20. The van der Waals surface area contributed by atoms with Gasteiger partial charge in [0.05, 0.1) is 0 Å². The predicted molar refractivity (Wildman–Crippen MR) is 102 cm³/mol. The Morgan fingerprint density at radius 1 is 1.04 bits per heavy atom. The Morgan fingerprint density at radius 3 is 2.36 bits per heavy atom. The molecule has 1 aromatic rings. The molecule has 0 aromatic heterocycles. The van der Waals surface area contributed by atoms with Crippen LogP contribution in [0.3, 0.4) is 0 Å². The molecule has 0 radical (unpaired) electrons. The van der Waals surface area contributed by atoms with Crippen LogP contribution < -0.4 is 10.2 Å². The number of unbranched alkanes of at least 4 members (excludes halogenated alkanes) is 3. The van der Waals surface area contributed by atoms with Crippen LogP contribution in [0.1, 0.15) is 38.5 Å². The van der Waals surface area contributed by atoms with Crippen LogP contribution in [0.4, 0.5) is 5.69 Å². The highest BCUT2D eigenvalue weighted by atomic mass is 35.5. The van der Waals surface area contributed by atoms with Crippen molar-refractivity contribution in [3.8, 4) is 0 Å². The molecule has 6 heteroatoms. The van der Waals surface area contributed by atoms with Gasteiger partial charge in [0.25, 0.3) is 0 Å². The van der Waals surface area contributed by atoms with Crippen LogP contribution in [0.5, 0.6) is 0 Å². The van der Waals surface area contributed by atoms with E-state index in [2.05, 4.69) is 16.3 Å². The summed E-state index contributed by atoms with van der Waals surface area (Å²) in [6, 6.07) is 7.86. The van der Waals surface area contributed by atoms with Crippen molar-refractivity contribution in [1.29, 1.82) is 0 Å². The van der Waals surface area contributed by atoms with Crippen molar-refractivity contribution < 1.29 is 9.59 Å². The Kier molecular flexibility index (Phi) is 8.06. The lowest BCUT2D eigenvalue weighted by molar-refractivity contribution is -0.131. The Balaban J connectivity index is 1.62. The van der Waals surface area contributed by atoms with Crippen molar-refractivity contribution in [2.24, 2.45) is 0 Å². The van der Waals surface area contributed by atoms with Crippen molar-refractivity contribution in [2.45, 2.75) is 38.5 Å². The zero-order valence-electron chi connectivity index (χ0n) is 15.0. The number of benzene rings is 1. The zero-order valence-corrected chi connectivity index (χ0v) is 15.7. The minimum atomic E-state index is 0.0913. The number of carbonyl (C=O) groups excluding carboxylic acids is 2. The van der Waals surface area contributed by atoms with Gasteiger partial charge < -0.3 is 15.1 Å². The molecule has 1 heterocycles. The fraction of sp³-hybridized carbons (Fsp3) is 0.579. The second kappa shape index (κ2) is 10.3. The van der Waals surface area contributed by atoms with E-state index in [1.807, 2.05) is 23.1 Å². The number of anilines is 1. The van der Waals surface area contributed by atoms with E-state index in [4.69, 9.17) is 11.6 Å². The van der Waals surface area contributed by atoms with Crippen LogP contribution in [0.15, 0.2) is 24.3 Å². The standard InChI is InChI=1S/C19H28ClN3O2/c1-21-18(24)9-4-2-3-5-10-19(25)23-13-11-22(12-14-23)17-8-6-7-16(20)15-17/h6-8,15H,2-5,9-14H2,1H3,(H,21,24). The lowest BCUT2D eigenvalue weighted by atomic mass is 10.1. The highest BCUT2D eigenvalue weighted by molar-refractivity contribution is 6.30. The van der Waals surface area contributed by atoms with Crippen LogP contribution in [0, 0.1) is 0 Å². The summed E-state index contributed by atoms with van der Waals surface area (Å²) in [4.78, 5) is 27.7. The molecule has 0 atom stereocenters. The number of hydrogen-bond donors (Lipinski definition) is 1. The molecule has 5 nitrogen and oxygen atoms in total. The topological polar surface area (TPSA) is 52.7 Å². The lowest BCUT2D eigenvalue weighted by Gasteiger charge is -2.36. The number of hydrogen-bond acceptors (Lipinski definition) is 3. The molecular formula is C19H28ClN3O2. The Hall–Kier alpha value is -1.75. The molecule has 25 heavy (non-hydrogen) atoms. The summed E-state index contributed by atoms with van der Waals surface area (Å²) in [5, 5.41) is 3.37. The zero-order chi connectivity index (χ0) is 18.1. The van der Waals surface area contributed by atoms with E-state index in [1.54, 1.807) is 7.05 Å². The molecule has 0 bridgehead atoms. The van der Waals surface area contributed by atoms with Gasteiger partial charge in [-0.1, -0.05) is 30.5 Å². The van der Waals surface area contributed by atoms with Crippen molar-refractivity contribution in [2.75, 3.05) is 38.1 Å². The van der Waals surface area contributed by atoms with Gasteiger partial charge in [0.15, 0.2) is 0 Å². The number of nitrogens with one attached hydrogen (secondary N) is 1. The number of piperazine rings is 1. The molecule has 2 rings (SSSR count). The maximum Gasteiger partial charge on any atom is 0.222 e. The average Bonchev–Trinajstić information content (AvgIpc) is 2.64. The first kappa shape index (κ1) is 19.6. The van der Waals surface area contributed by atoms with Gasteiger partial charge in [0, 0.05) is 56.8 Å². The van der Waals surface area contributed by atoms with E-state index in [0.29, 0.717) is 12.8 Å². The molecular weight excluding hydrogens is 338 g/mol. The van der Waals surface area contributed by atoms with E-state index < -0.39 is 0 Å². The van der Waals surface area contributed by atoms with Gasteiger partial charge >= 0.3 is 0 Å². The van der Waals surface area contributed by atoms with E-state index in [9.17, 15) is 9.59 Å². The van der Waals surface area contributed by atoms with Crippen molar-refractivity contribution in [1.82, 2.24) is 10.2 Å². The third-order valence-electron chi connectivity index (χ3n) is 4.63. The molecule has 0 saturated carbocycles. The third kappa shape index (κ3) is 6.58. The van der Waals surface area contributed by atoms with Gasteiger partial charge in [-0.2, -0.15) is 0 Å². The highest BCUT2D eigenvalue weighted by Crippen LogP contribution is 2.21. The summed E-state index contributed by atoms with van der Waals surface area (Å²) >= 11 is 6.05. The molecule has 2 amide bonds. The van der Waals surface area contributed by atoms with E-state index in [-0.39, 0.29) is 11.8 Å². The minimum absolute atomic E-state index is 0.0913. The van der Waals surface area contributed by atoms with Crippen molar-refractivity contribution >= 4 is 29.1 Å². The van der Waals surface area contributed by atoms with Crippen LogP contribution >= 0.6 is 11.6 Å². The monoisotopic (exact) mass is 365 g/mol. The molecule has 1 N–H and O–H groups in total. The Labute approximate surface area is 155 Å². The SMILES string of the molecule is CNC(=O)CCCCCCC(=O)N1CCN(c2cccc(Cl)c2)CC1. The molecule has 1 aromatic carbocycles. The molecule has 1 aliphatic heterocycles. The smallest absolute Gasteiger partial charge is 0.222 e. The van der Waals surface area contributed by atoms with Crippen molar-refractivity contribution in [3.05, 3.63) is 29.3 Å². The molecule has 1 aliphatic rings. The Bertz CT molecular complexity index is 572. The van der Waals surface area contributed by atoms with Gasteiger partial charge in [-0.25, -0.2) is 0 Å². The summed E-state index contributed by atoms with van der Waals surface area (Å²) in [5.41, 5.74) is 1.12. The molecule has 0 aliphatic carbocycles. The van der Waals surface area contributed by atoms with E-state index in [0.717, 1.165) is 62.6 Å². The second-order valence-electron chi connectivity index (χ2n) is 6.44. The van der Waals surface area contributed by atoms with Crippen LogP contribution in [-0.4, -0.2) is 49.9 Å². The molecule has 1 saturated heterocycles. The fourth-order valence-corrected chi connectivity index (χ4v) is 3.27. The van der Waals surface area contributed by atoms with Gasteiger partial charge in [-0.15, -0.1) is 0 Å². The minimum Gasteiger partial charge on any atom is -0.368 e. The van der Waals surface area contributed by atoms with Crippen LogP contribution in [-0.2, 0) is 9.59 Å². The molecule has 138 valence electrons. The second-order valence-corrected chi connectivity index (χ2v) is 6.87. The number of rotatable bonds is 8. The van der Waals surface area contributed by atoms with Gasteiger partial charge in [0.1, 0.15) is 0 Å². The molecule has 1 fully saturated rings. The maximum absolute atomic E-state index is 12.3. The summed E-state index contributed by atoms with van der Waals surface area (Å²) < 4.78 is 0. The van der Waals surface area contributed by atoms with E-state index in [1.165, 1.54) is 0 Å². The number of nitrogens with zero attached hydrogens (tertiary/aromatic N) is 2. The third-order valence-corrected chi connectivity index (χ3v) is 4.86. The first-order chi connectivity index (χ1) is 12.1. The summed E-state index contributed by atoms with van der Waals surface area (Å²) in [6.45, 7) is 3.22. The number of carbonyl (C=O) groups is 2. The lowest BCUT2D eigenvalue weighted by Crippen LogP contribution is -2.48.